The van der Waals surface area contributed by atoms with E-state index in [4.69, 9.17) is 0 Å². The number of rotatable bonds is 4. The van der Waals surface area contributed by atoms with E-state index in [1.165, 1.54) is 11.9 Å². The summed E-state index contributed by atoms with van der Waals surface area (Å²) in [5, 5.41) is 0. The Bertz CT molecular complexity index is 142. The number of hydrogen-bond donors (Lipinski definition) is 0. The van der Waals surface area contributed by atoms with Crippen molar-refractivity contribution >= 4 is 0 Å². The third kappa shape index (κ3) is 3.98. The van der Waals surface area contributed by atoms with E-state index in [1.54, 1.807) is 20.8 Å². The van der Waals surface area contributed by atoms with Crippen LogP contribution in [0.4, 0.5) is 13.2 Å². The van der Waals surface area contributed by atoms with Gasteiger partial charge in [-0.2, -0.15) is 13.2 Å². The van der Waals surface area contributed by atoms with Crippen molar-refractivity contribution in [3.63, 3.8) is 0 Å². The monoisotopic (exact) mass is 197 g/mol. The van der Waals surface area contributed by atoms with Gasteiger partial charge in [-0.3, -0.25) is 4.90 Å². The normalized spacial score (nSPS) is 15.5. The topological polar surface area (TPSA) is 3.24 Å². The molecule has 0 aromatic rings. The van der Waals surface area contributed by atoms with E-state index >= 15 is 0 Å². The van der Waals surface area contributed by atoms with Gasteiger partial charge in [0.2, 0.25) is 0 Å². The molecule has 0 unspecified atom stereocenters. The van der Waals surface area contributed by atoms with E-state index < -0.39 is 12.2 Å². The summed E-state index contributed by atoms with van der Waals surface area (Å²) in [5.74, 6) is 0. The molecule has 0 fully saturated rings. The average molecular weight is 197 g/mol. The second-order valence-corrected chi connectivity index (χ2v) is 3.61. The minimum Gasteiger partial charge on any atom is -0.293 e. The highest BCUT2D eigenvalue weighted by atomic mass is 19.4. The van der Waals surface area contributed by atoms with E-state index in [0.717, 1.165) is 0 Å². The van der Waals surface area contributed by atoms with Crippen LogP contribution in [0.1, 0.15) is 33.6 Å². The second-order valence-electron chi connectivity index (χ2n) is 3.61. The molecule has 4 heteroatoms. The highest BCUT2D eigenvalue weighted by Crippen LogP contribution is 2.28. The molecule has 0 aromatic heterocycles. The highest BCUT2D eigenvalue weighted by molar-refractivity contribution is 4.78. The molecule has 0 N–H and O–H groups in total. The van der Waals surface area contributed by atoms with Gasteiger partial charge >= 0.3 is 6.18 Å². The van der Waals surface area contributed by atoms with Gasteiger partial charge in [0.25, 0.3) is 0 Å². The predicted molar refractivity (Wildman–Crippen MR) is 47.7 cm³/mol. The zero-order valence-corrected chi connectivity index (χ0v) is 8.65. The summed E-state index contributed by atoms with van der Waals surface area (Å²) in [4.78, 5) is 1.38. The van der Waals surface area contributed by atoms with Crippen molar-refractivity contribution in [3.05, 3.63) is 0 Å². The largest absolute Gasteiger partial charge is 0.404 e. The van der Waals surface area contributed by atoms with Crippen molar-refractivity contribution in [2.24, 2.45) is 0 Å². The summed E-state index contributed by atoms with van der Waals surface area (Å²) < 4.78 is 37.4. The molecule has 1 nitrogen and oxygen atoms in total. The Balaban J connectivity index is 4.41. The van der Waals surface area contributed by atoms with Gasteiger partial charge in [0.15, 0.2) is 0 Å². The Labute approximate surface area is 77.9 Å². The lowest BCUT2D eigenvalue weighted by molar-refractivity contribution is -0.186. The summed E-state index contributed by atoms with van der Waals surface area (Å²) in [6, 6.07) is -1.37. The lowest BCUT2D eigenvalue weighted by Gasteiger charge is -2.32. The molecule has 0 saturated carbocycles. The third-order valence-corrected chi connectivity index (χ3v) is 2.25. The van der Waals surface area contributed by atoms with E-state index in [2.05, 4.69) is 0 Å². The van der Waals surface area contributed by atoms with Crippen LogP contribution in [0.15, 0.2) is 0 Å². The lowest BCUT2D eigenvalue weighted by atomic mass is 10.1. The number of nitrogens with zero attached hydrogens (tertiary/aromatic N) is 1. The van der Waals surface area contributed by atoms with Gasteiger partial charge in [0.1, 0.15) is 6.04 Å². The Morgan fingerprint density at radius 3 is 1.92 bits per heavy atom. The first-order chi connectivity index (χ1) is 5.80. The molecule has 0 aliphatic rings. The summed E-state index contributed by atoms with van der Waals surface area (Å²) in [7, 11) is 1.53. The Morgan fingerprint density at radius 1 is 1.23 bits per heavy atom. The molecular formula is C9H18F3N. The van der Waals surface area contributed by atoms with Gasteiger partial charge in [-0.05, 0) is 27.3 Å². The standard InChI is InChI=1S/C9H18F3N/c1-5-6-8(9(10,11)12)13(4)7(2)3/h7-8H,5-6H2,1-4H3/t8-/m0/s1. The lowest BCUT2D eigenvalue weighted by Crippen LogP contribution is -2.46. The van der Waals surface area contributed by atoms with E-state index in [9.17, 15) is 13.2 Å². The summed E-state index contributed by atoms with van der Waals surface area (Å²) >= 11 is 0. The molecular weight excluding hydrogens is 179 g/mol. The van der Waals surface area contributed by atoms with Crippen LogP contribution < -0.4 is 0 Å². The minimum atomic E-state index is -4.10. The Kier molecular flexibility index (Phi) is 4.75. The van der Waals surface area contributed by atoms with Crippen molar-refractivity contribution in [2.45, 2.75) is 51.9 Å². The molecule has 0 radical (unpaired) electrons. The van der Waals surface area contributed by atoms with E-state index in [-0.39, 0.29) is 12.5 Å². The molecule has 1 atom stereocenters. The molecule has 80 valence electrons. The number of hydrogen-bond acceptors (Lipinski definition) is 1. The van der Waals surface area contributed by atoms with Crippen LogP contribution in [0.3, 0.4) is 0 Å². The summed E-state index contributed by atoms with van der Waals surface area (Å²) in [6.07, 6.45) is -3.37. The molecule has 0 heterocycles. The average Bonchev–Trinajstić information content (AvgIpc) is 1.96. The van der Waals surface area contributed by atoms with Crippen LogP contribution in [0.5, 0.6) is 0 Å². The molecule has 0 amide bonds. The molecule has 0 bridgehead atoms. The maximum absolute atomic E-state index is 12.5. The smallest absolute Gasteiger partial charge is 0.293 e. The molecule has 0 rings (SSSR count). The van der Waals surface area contributed by atoms with Crippen LogP contribution in [-0.4, -0.2) is 30.2 Å². The number of halogens is 3. The maximum Gasteiger partial charge on any atom is 0.404 e. The van der Waals surface area contributed by atoms with Crippen molar-refractivity contribution < 1.29 is 13.2 Å². The quantitative estimate of drug-likeness (QED) is 0.669. The van der Waals surface area contributed by atoms with Crippen molar-refractivity contribution in [1.82, 2.24) is 4.90 Å². The van der Waals surface area contributed by atoms with Crippen LogP contribution in [0, 0.1) is 0 Å². The first kappa shape index (κ1) is 12.8. The highest BCUT2D eigenvalue weighted by Gasteiger charge is 2.41. The van der Waals surface area contributed by atoms with E-state index in [1.807, 2.05) is 0 Å². The number of alkyl halides is 3. The van der Waals surface area contributed by atoms with Gasteiger partial charge in [-0.15, -0.1) is 0 Å². The van der Waals surface area contributed by atoms with Crippen molar-refractivity contribution in [2.75, 3.05) is 7.05 Å². The van der Waals surface area contributed by atoms with Gasteiger partial charge in [-0.25, -0.2) is 0 Å². The molecule has 0 aromatic carbocycles. The first-order valence-electron chi connectivity index (χ1n) is 4.59. The SMILES string of the molecule is CCC[C@H](N(C)C(C)C)C(F)(F)F. The third-order valence-electron chi connectivity index (χ3n) is 2.25. The Hall–Kier alpha value is -0.250. The maximum atomic E-state index is 12.5. The van der Waals surface area contributed by atoms with Crippen LogP contribution in [0.2, 0.25) is 0 Å². The fourth-order valence-electron chi connectivity index (χ4n) is 1.23. The van der Waals surface area contributed by atoms with Crippen molar-refractivity contribution in [1.29, 1.82) is 0 Å². The predicted octanol–water partition coefficient (Wildman–Crippen LogP) is 3.06. The second kappa shape index (κ2) is 4.84. The fraction of sp³-hybridized carbons (Fsp3) is 1.00. The van der Waals surface area contributed by atoms with E-state index in [0.29, 0.717) is 6.42 Å². The molecule has 13 heavy (non-hydrogen) atoms. The molecule has 0 saturated heterocycles. The summed E-state index contributed by atoms with van der Waals surface area (Å²) in [6.45, 7) is 5.32. The molecule has 0 aliphatic heterocycles. The first-order valence-corrected chi connectivity index (χ1v) is 4.59. The Morgan fingerprint density at radius 2 is 1.69 bits per heavy atom. The van der Waals surface area contributed by atoms with Gasteiger partial charge in [-0.1, -0.05) is 13.3 Å². The fourth-order valence-corrected chi connectivity index (χ4v) is 1.23. The van der Waals surface area contributed by atoms with Gasteiger partial charge < -0.3 is 0 Å². The van der Waals surface area contributed by atoms with Crippen molar-refractivity contribution in [3.8, 4) is 0 Å². The summed E-state index contributed by atoms with van der Waals surface area (Å²) in [5.41, 5.74) is 0. The van der Waals surface area contributed by atoms with Gasteiger partial charge in [0, 0.05) is 6.04 Å². The molecule has 0 spiro atoms. The van der Waals surface area contributed by atoms with Crippen LogP contribution >= 0.6 is 0 Å². The van der Waals surface area contributed by atoms with Crippen LogP contribution in [-0.2, 0) is 0 Å². The van der Waals surface area contributed by atoms with Gasteiger partial charge in [0.05, 0.1) is 0 Å². The molecule has 0 aliphatic carbocycles. The van der Waals surface area contributed by atoms with Crippen LogP contribution in [0.25, 0.3) is 0 Å². The zero-order valence-electron chi connectivity index (χ0n) is 8.65. The minimum absolute atomic E-state index is 0.0711. The zero-order chi connectivity index (χ0) is 10.6.